The Bertz CT molecular complexity index is 978. The zero-order valence-corrected chi connectivity index (χ0v) is 18.5. The standard InChI is InChI=1S/C21H28N2O6S/c1-5-14-9-10-16(13-19(14)30(22,25)26)23-21(24)15-11-17(27-6-2)20(29-8-4)18(12-15)28-7-3/h9-13H,5-8H2,1-4H3,(H,23,24)(H2,22,25,26). The van der Waals surface area contributed by atoms with Gasteiger partial charge in [0.1, 0.15) is 0 Å². The fraction of sp³-hybridized carbons (Fsp3) is 0.381. The van der Waals surface area contributed by atoms with Crippen LogP contribution in [0.5, 0.6) is 17.2 Å². The van der Waals surface area contributed by atoms with Crippen molar-refractivity contribution in [2.75, 3.05) is 25.1 Å². The highest BCUT2D eigenvalue weighted by molar-refractivity contribution is 7.89. The summed E-state index contributed by atoms with van der Waals surface area (Å²) in [5, 5.41) is 8.01. The lowest BCUT2D eigenvalue weighted by atomic mass is 10.1. The average molecular weight is 437 g/mol. The molecule has 0 saturated carbocycles. The number of rotatable bonds is 10. The SMILES string of the molecule is CCOc1cc(C(=O)Nc2ccc(CC)c(S(N)(=O)=O)c2)cc(OCC)c1OCC. The number of anilines is 1. The predicted molar refractivity (Wildman–Crippen MR) is 115 cm³/mol. The molecule has 0 spiro atoms. The molecule has 8 nitrogen and oxygen atoms in total. The van der Waals surface area contributed by atoms with Crippen LogP contribution in [0, 0.1) is 0 Å². The lowest BCUT2D eigenvalue weighted by molar-refractivity contribution is 0.102. The summed E-state index contributed by atoms with van der Waals surface area (Å²) in [5.41, 5.74) is 1.17. The van der Waals surface area contributed by atoms with Gasteiger partial charge in [0.2, 0.25) is 15.8 Å². The van der Waals surface area contributed by atoms with Gasteiger partial charge in [-0.3, -0.25) is 4.79 Å². The van der Waals surface area contributed by atoms with Gasteiger partial charge in [-0.15, -0.1) is 0 Å². The third-order valence-electron chi connectivity index (χ3n) is 4.18. The summed E-state index contributed by atoms with van der Waals surface area (Å²) in [6, 6.07) is 7.74. The Kier molecular flexibility index (Phi) is 8.08. The normalized spacial score (nSPS) is 11.1. The number of hydrogen-bond donors (Lipinski definition) is 2. The van der Waals surface area contributed by atoms with Gasteiger partial charge < -0.3 is 19.5 Å². The Morgan fingerprint density at radius 1 is 0.933 bits per heavy atom. The molecule has 30 heavy (non-hydrogen) atoms. The summed E-state index contributed by atoms with van der Waals surface area (Å²) in [6.07, 6.45) is 0.494. The molecule has 0 radical (unpaired) electrons. The summed E-state index contributed by atoms with van der Waals surface area (Å²) >= 11 is 0. The van der Waals surface area contributed by atoms with Crippen molar-refractivity contribution in [2.45, 2.75) is 39.0 Å². The quantitative estimate of drug-likeness (QED) is 0.590. The number of aryl methyl sites for hydroxylation is 1. The van der Waals surface area contributed by atoms with Crippen molar-refractivity contribution in [3.8, 4) is 17.2 Å². The van der Waals surface area contributed by atoms with Crippen LogP contribution in [0.4, 0.5) is 5.69 Å². The van der Waals surface area contributed by atoms with Crippen LogP contribution in [0.2, 0.25) is 0 Å². The van der Waals surface area contributed by atoms with E-state index < -0.39 is 15.9 Å². The van der Waals surface area contributed by atoms with Crippen LogP contribution in [-0.4, -0.2) is 34.1 Å². The van der Waals surface area contributed by atoms with Crippen molar-refractivity contribution >= 4 is 21.6 Å². The molecule has 0 aromatic heterocycles. The first-order valence-electron chi connectivity index (χ1n) is 9.78. The van der Waals surface area contributed by atoms with Crippen molar-refractivity contribution in [1.82, 2.24) is 0 Å². The van der Waals surface area contributed by atoms with E-state index in [4.69, 9.17) is 19.3 Å². The highest BCUT2D eigenvalue weighted by Crippen LogP contribution is 2.39. The number of nitrogens with one attached hydrogen (secondary N) is 1. The lowest BCUT2D eigenvalue weighted by Gasteiger charge is -2.17. The van der Waals surface area contributed by atoms with Gasteiger partial charge in [-0.05, 0) is 57.0 Å². The molecule has 0 atom stereocenters. The van der Waals surface area contributed by atoms with E-state index >= 15 is 0 Å². The van der Waals surface area contributed by atoms with Gasteiger partial charge in [0.05, 0.1) is 24.7 Å². The summed E-state index contributed by atoms with van der Waals surface area (Å²) < 4.78 is 40.6. The summed E-state index contributed by atoms with van der Waals surface area (Å²) in [4.78, 5) is 12.9. The molecule has 0 saturated heterocycles. The first-order valence-corrected chi connectivity index (χ1v) is 11.3. The number of carbonyl (C=O) groups is 1. The van der Waals surface area contributed by atoms with Crippen molar-refractivity contribution in [2.24, 2.45) is 5.14 Å². The second kappa shape index (κ2) is 10.3. The molecule has 1 amide bonds. The smallest absolute Gasteiger partial charge is 0.255 e. The van der Waals surface area contributed by atoms with Gasteiger partial charge in [-0.2, -0.15) is 0 Å². The lowest BCUT2D eigenvalue weighted by Crippen LogP contribution is -2.17. The van der Waals surface area contributed by atoms with Gasteiger partial charge in [-0.1, -0.05) is 13.0 Å². The number of ether oxygens (including phenoxy) is 3. The van der Waals surface area contributed by atoms with Crippen LogP contribution in [0.3, 0.4) is 0 Å². The maximum absolute atomic E-state index is 12.9. The number of amides is 1. The second-order valence-corrected chi connectivity index (χ2v) is 7.81. The molecule has 2 rings (SSSR count). The molecule has 0 aliphatic carbocycles. The maximum Gasteiger partial charge on any atom is 0.255 e. The fourth-order valence-electron chi connectivity index (χ4n) is 2.91. The topological polar surface area (TPSA) is 117 Å². The molecule has 0 unspecified atom stereocenters. The van der Waals surface area contributed by atoms with E-state index in [2.05, 4.69) is 5.32 Å². The van der Waals surface area contributed by atoms with Crippen molar-refractivity contribution in [1.29, 1.82) is 0 Å². The van der Waals surface area contributed by atoms with E-state index in [1.807, 2.05) is 27.7 Å². The molecule has 0 heterocycles. The molecule has 3 N–H and O–H groups in total. The van der Waals surface area contributed by atoms with E-state index in [9.17, 15) is 13.2 Å². The number of nitrogens with two attached hydrogens (primary N) is 1. The Hall–Kier alpha value is -2.78. The van der Waals surface area contributed by atoms with Crippen molar-refractivity contribution in [3.05, 3.63) is 41.5 Å². The Morgan fingerprint density at radius 3 is 1.97 bits per heavy atom. The minimum atomic E-state index is -3.92. The number of carbonyl (C=O) groups excluding carboxylic acids is 1. The average Bonchev–Trinajstić information content (AvgIpc) is 2.69. The zero-order valence-electron chi connectivity index (χ0n) is 17.7. The minimum Gasteiger partial charge on any atom is -0.490 e. The molecule has 2 aromatic carbocycles. The van der Waals surface area contributed by atoms with Gasteiger partial charge >= 0.3 is 0 Å². The van der Waals surface area contributed by atoms with Gasteiger partial charge in [-0.25, -0.2) is 13.6 Å². The predicted octanol–water partition coefficient (Wildman–Crippen LogP) is 3.34. The molecule has 0 bridgehead atoms. The number of primary sulfonamides is 1. The van der Waals surface area contributed by atoms with Crippen LogP contribution >= 0.6 is 0 Å². The number of benzene rings is 2. The highest BCUT2D eigenvalue weighted by Gasteiger charge is 2.19. The number of hydrogen-bond acceptors (Lipinski definition) is 6. The summed E-state index contributed by atoms with van der Waals surface area (Å²) in [7, 11) is -3.92. The second-order valence-electron chi connectivity index (χ2n) is 6.28. The van der Waals surface area contributed by atoms with Crippen molar-refractivity contribution < 1.29 is 27.4 Å². The van der Waals surface area contributed by atoms with Gasteiger partial charge in [0.25, 0.3) is 5.91 Å². The number of sulfonamides is 1. The molecule has 0 fully saturated rings. The van der Waals surface area contributed by atoms with E-state index in [-0.39, 0.29) is 10.5 Å². The van der Waals surface area contributed by atoms with Crippen LogP contribution in [0.1, 0.15) is 43.6 Å². The van der Waals surface area contributed by atoms with E-state index in [0.29, 0.717) is 54.7 Å². The summed E-state index contributed by atoms with van der Waals surface area (Å²) in [6.45, 7) is 8.49. The molecule has 2 aromatic rings. The van der Waals surface area contributed by atoms with Gasteiger partial charge in [0, 0.05) is 11.3 Å². The summed E-state index contributed by atoms with van der Waals surface area (Å²) in [5.74, 6) is 0.759. The molecular weight excluding hydrogens is 408 g/mol. The van der Waals surface area contributed by atoms with E-state index in [1.165, 1.54) is 6.07 Å². The van der Waals surface area contributed by atoms with Crippen LogP contribution in [0.15, 0.2) is 35.2 Å². The Balaban J connectivity index is 2.43. The monoisotopic (exact) mass is 436 g/mol. The third-order valence-corrected chi connectivity index (χ3v) is 5.18. The molecule has 164 valence electrons. The largest absolute Gasteiger partial charge is 0.490 e. The fourth-order valence-corrected chi connectivity index (χ4v) is 3.78. The first-order chi connectivity index (χ1) is 14.2. The minimum absolute atomic E-state index is 0.0143. The zero-order chi connectivity index (χ0) is 22.3. The van der Waals surface area contributed by atoms with E-state index in [0.717, 1.165) is 0 Å². The van der Waals surface area contributed by atoms with Gasteiger partial charge in [0.15, 0.2) is 11.5 Å². The van der Waals surface area contributed by atoms with E-state index in [1.54, 1.807) is 24.3 Å². The molecule has 0 aliphatic rings. The highest BCUT2D eigenvalue weighted by atomic mass is 32.2. The molecule has 0 aliphatic heterocycles. The van der Waals surface area contributed by atoms with Crippen molar-refractivity contribution in [3.63, 3.8) is 0 Å². The third kappa shape index (κ3) is 5.64. The Labute approximate surface area is 177 Å². The molecular formula is C21H28N2O6S. The maximum atomic E-state index is 12.9. The van der Waals surface area contributed by atoms with Crippen LogP contribution < -0.4 is 24.7 Å². The Morgan fingerprint density at radius 2 is 1.50 bits per heavy atom. The van der Waals surface area contributed by atoms with Crippen LogP contribution in [0.25, 0.3) is 0 Å². The molecule has 9 heteroatoms. The van der Waals surface area contributed by atoms with Crippen LogP contribution in [-0.2, 0) is 16.4 Å². The first kappa shape index (κ1) is 23.5.